The molecule has 0 radical (unpaired) electrons. The molecule has 2 aliphatic rings. The molecular weight excluding hydrogens is 275 g/mol. The van der Waals surface area contributed by atoms with Gasteiger partial charge in [0, 0.05) is 12.3 Å². The molecule has 4 rings (SSSR count). The SMILES string of the molecule is CC1CP(=O)(C2C=Cc3cccc4cccc2c34)CC1C. The Labute approximate surface area is 126 Å². The fraction of sp³-hybridized carbons (Fsp3) is 0.368. The highest BCUT2D eigenvalue weighted by Gasteiger charge is 2.43. The molecule has 1 fully saturated rings. The smallest absolute Gasteiger partial charge is 0.0990 e. The van der Waals surface area contributed by atoms with Gasteiger partial charge in [-0.05, 0) is 33.7 Å². The van der Waals surface area contributed by atoms with Crippen molar-refractivity contribution >= 4 is 24.0 Å². The Bertz CT molecular complexity index is 770. The number of allylic oxidation sites excluding steroid dienone is 1. The summed E-state index contributed by atoms with van der Waals surface area (Å²) < 4.78 is 13.6. The Morgan fingerprint density at radius 3 is 2.38 bits per heavy atom. The van der Waals surface area contributed by atoms with Crippen LogP contribution < -0.4 is 0 Å². The van der Waals surface area contributed by atoms with Gasteiger partial charge in [0.1, 0.15) is 0 Å². The van der Waals surface area contributed by atoms with Gasteiger partial charge in [-0.1, -0.05) is 62.4 Å². The Kier molecular flexibility index (Phi) is 2.91. The number of benzene rings is 2. The van der Waals surface area contributed by atoms with E-state index >= 15 is 0 Å². The van der Waals surface area contributed by atoms with Gasteiger partial charge in [-0.3, -0.25) is 0 Å². The molecular formula is C19H21OP. The third-order valence-electron chi connectivity index (χ3n) is 5.42. The van der Waals surface area contributed by atoms with Crippen molar-refractivity contribution in [3.05, 3.63) is 53.6 Å². The van der Waals surface area contributed by atoms with E-state index in [9.17, 15) is 4.57 Å². The zero-order valence-corrected chi connectivity index (χ0v) is 13.5. The van der Waals surface area contributed by atoms with Crippen molar-refractivity contribution in [2.45, 2.75) is 19.5 Å². The van der Waals surface area contributed by atoms with Gasteiger partial charge in [0.25, 0.3) is 0 Å². The Morgan fingerprint density at radius 1 is 1.00 bits per heavy atom. The Balaban J connectivity index is 1.90. The summed E-state index contributed by atoms with van der Waals surface area (Å²) in [4.78, 5) is 0. The van der Waals surface area contributed by atoms with Crippen LogP contribution in [0.5, 0.6) is 0 Å². The van der Waals surface area contributed by atoms with Gasteiger partial charge >= 0.3 is 0 Å². The van der Waals surface area contributed by atoms with Gasteiger partial charge < -0.3 is 4.57 Å². The molecule has 1 heterocycles. The molecule has 108 valence electrons. The summed E-state index contributed by atoms with van der Waals surface area (Å²) in [6, 6.07) is 12.9. The normalized spacial score (nSPS) is 34.5. The zero-order chi connectivity index (χ0) is 14.6. The van der Waals surface area contributed by atoms with E-state index in [2.05, 4.69) is 62.4 Å². The molecule has 0 bridgehead atoms. The molecule has 2 aromatic carbocycles. The highest BCUT2D eigenvalue weighted by molar-refractivity contribution is 7.64. The lowest BCUT2D eigenvalue weighted by Gasteiger charge is -2.27. The predicted molar refractivity (Wildman–Crippen MR) is 91.4 cm³/mol. The van der Waals surface area contributed by atoms with Gasteiger partial charge in [0.05, 0.1) is 12.8 Å². The molecule has 2 heteroatoms. The molecule has 0 spiro atoms. The van der Waals surface area contributed by atoms with Gasteiger partial charge in [-0.15, -0.1) is 0 Å². The second-order valence-corrected chi connectivity index (χ2v) is 10.1. The third-order valence-corrected chi connectivity index (χ3v) is 9.27. The second kappa shape index (κ2) is 4.58. The number of hydrogen-bond acceptors (Lipinski definition) is 1. The summed E-state index contributed by atoms with van der Waals surface area (Å²) in [6.45, 7) is 4.51. The van der Waals surface area contributed by atoms with Crippen molar-refractivity contribution in [2.24, 2.45) is 11.8 Å². The maximum atomic E-state index is 13.6. The van der Waals surface area contributed by atoms with Crippen LogP contribution in [0.3, 0.4) is 0 Å². The maximum absolute atomic E-state index is 13.6. The van der Waals surface area contributed by atoms with Gasteiger partial charge in [0.15, 0.2) is 0 Å². The van der Waals surface area contributed by atoms with Crippen LogP contribution in [0.15, 0.2) is 42.5 Å². The van der Waals surface area contributed by atoms with Crippen LogP contribution in [0.25, 0.3) is 16.8 Å². The molecule has 0 N–H and O–H groups in total. The van der Waals surface area contributed by atoms with Crippen molar-refractivity contribution in [2.75, 3.05) is 12.3 Å². The molecule has 1 saturated heterocycles. The van der Waals surface area contributed by atoms with E-state index in [0.717, 1.165) is 12.3 Å². The topological polar surface area (TPSA) is 17.1 Å². The first kappa shape index (κ1) is 13.3. The Morgan fingerprint density at radius 2 is 1.67 bits per heavy atom. The highest BCUT2D eigenvalue weighted by Crippen LogP contribution is 2.67. The first-order valence-corrected chi connectivity index (χ1v) is 10.0. The molecule has 3 atom stereocenters. The van der Waals surface area contributed by atoms with Gasteiger partial charge in [-0.2, -0.15) is 0 Å². The minimum Gasteiger partial charge on any atom is -0.323 e. The summed E-state index contributed by atoms with van der Waals surface area (Å²) in [7, 11) is -2.16. The summed E-state index contributed by atoms with van der Waals surface area (Å²) in [5.74, 6) is 1.17. The van der Waals surface area contributed by atoms with E-state index in [1.807, 2.05) is 0 Å². The zero-order valence-electron chi connectivity index (χ0n) is 12.6. The van der Waals surface area contributed by atoms with E-state index in [1.54, 1.807) is 0 Å². The fourth-order valence-corrected chi connectivity index (χ4v) is 8.53. The molecule has 2 aromatic rings. The Hall–Kier alpha value is -1.33. The van der Waals surface area contributed by atoms with Crippen LogP contribution in [0.1, 0.15) is 30.6 Å². The first-order valence-electron chi connectivity index (χ1n) is 7.86. The van der Waals surface area contributed by atoms with Crippen LogP contribution in [-0.2, 0) is 4.57 Å². The van der Waals surface area contributed by atoms with Crippen molar-refractivity contribution in [1.29, 1.82) is 0 Å². The summed E-state index contributed by atoms with van der Waals surface area (Å²) in [5, 5.41) is 2.58. The third kappa shape index (κ3) is 1.94. The van der Waals surface area contributed by atoms with Crippen LogP contribution in [-0.4, -0.2) is 12.3 Å². The van der Waals surface area contributed by atoms with Crippen molar-refractivity contribution < 1.29 is 4.57 Å². The summed E-state index contributed by atoms with van der Waals surface area (Å²) in [5.41, 5.74) is 2.69. The molecule has 21 heavy (non-hydrogen) atoms. The molecule has 0 aromatic heterocycles. The lowest BCUT2D eigenvalue weighted by molar-refractivity contribution is 0.494. The monoisotopic (exact) mass is 296 g/mol. The van der Waals surface area contributed by atoms with E-state index < -0.39 is 7.14 Å². The molecule has 1 aliphatic heterocycles. The predicted octanol–water partition coefficient (Wildman–Crippen LogP) is 5.56. The average Bonchev–Trinajstić information content (AvgIpc) is 2.74. The maximum Gasteiger partial charge on any atom is 0.0990 e. The lowest BCUT2D eigenvalue weighted by atomic mass is 9.93. The lowest BCUT2D eigenvalue weighted by Crippen LogP contribution is -2.05. The highest BCUT2D eigenvalue weighted by atomic mass is 31.2. The standard InChI is InChI=1S/C19H21OP/c1-13-11-21(20,12-14(13)2)18-10-9-16-6-3-5-15-7-4-8-17(18)19(15)16/h3-10,13-14,18H,11-12H2,1-2H3. The van der Waals surface area contributed by atoms with Crippen LogP contribution >= 0.6 is 7.14 Å². The van der Waals surface area contributed by atoms with Crippen LogP contribution in [0.2, 0.25) is 0 Å². The van der Waals surface area contributed by atoms with Crippen molar-refractivity contribution in [3.8, 4) is 0 Å². The van der Waals surface area contributed by atoms with Crippen molar-refractivity contribution in [1.82, 2.24) is 0 Å². The van der Waals surface area contributed by atoms with E-state index in [4.69, 9.17) is 0 Å². The van der Waals surface area contributed by atoms with Crippen LogP contribution in [0.4, 0.5) is 0 Å². The number of rotatable bonds is 1. The fourth-order valence-electron chi connectivity index (χ4n) is 4.13. The van der Waals surface area contributed by atoms with Crippen LogP contribution in [0, 0.1) is 11.8 Å². The van der Waals surface area contributed by atoms with Gasteiger partial charge in [0.2, 0.25) is 0 Å². The largest absolute Gasteiger partial charge is 0.323 e. The second-order valence-electron chi connectivity index (χ2n) is 6.87. The molecule has 3 unspecified atom stereocenters. The average molecular weight is 296 g/mol. The molecule has 0 saturated carbocycles. The van der Waals surface area contributed by atoms with Gasteiger partial charge in [-0.25, -0.2) is 0 Å². The van der Waals surface area contributed by atoms with E-state index in [0.29, 0.717) is 11.8 Å². The first-order chi connectivity index (χ1) is 10.1. The summed E-state index contributed by atoms with van der Waals surface area (Å²) in [6.07, 6.45) is 6.21. The van der Waals surface area contributed by atoms with Crippen molar-refractivity contribution in [3.63, 3.8) is 0 Å². The summed E-state index contributed by atoms with van der Waals surface area (Å²) >= 11 is 0. The minimum atomic E-state index is -2.16. The van der Waals surface area contributed by atoms with E-state index in [-0.39, 0.29) is 5.66 Å². The molecule has 1 aliphatic carbocycles. The quantitative estimate of drug-likeness (QED) is 0.630. The minimum absolute atomic E-state index is 0.128. The molecule has 0 amide bonds. The van der Waals surface area contributed by atoms with E-state index in [1.165, 1.54) is 21.9 Å². The molecule has 1 nitrogen and oxygen atoms in total. The number of hydrogen-bond donors (Lipinski definition) is 0.